The molecule has 1 N–H and O–H groups in total. The summed E-state index contributed by atoms with van der Waals surface area (Å²) in [5, 5.41) is 12.0. The van der Waals surface area contributed by atoms with Crippen molar-refractivity contribution in [1.29, 1.82) is 5.26 Å². The lowest BCUT2D eigenvalue weighted by Crippen LogP contribution is -2.45. The fraction of sp³-hybridized carbons (Fsp3) is 0.500. The average molecular weight is 262 g/mol. The maximum Gasteiger partial charge on any atom is 0.141 e. The molecular formula is C14H19FN4. The summed E-state index contributed by atoms with van der Waals surface area (Å²) >= 11 is 0. The van der Waals surface area contributed by atoms with Crippen LogP contribution in [0.5, 0.6) is 0 Å². The molecule has 0 bridgehead atoms. The van der Waals surface area contributed by atoms with E-state index in [0.717, 1.165) is 45.0 Å². The van der Waals surface area contributed by atoms with Gasteiger partial charge in [-0.1, -0.05) is 0 Å². The molecule has 1 aromatic rings. The van der Waals surface area contributed by atoms with Gasteiger partial charge in [0.05, 0.1) is 5.56 Å². The van der Waals surface area contributed by atoms with Crippen LogP contribution in [-0.2, 0) is 0 Å². The van der Waals surface area contributed by atoms with E-state index in [4.69, 9.17) is 5.26 Å². The Morgan fingerprint density at radius 3 is 2.74 bits per heavy atom. The molecule has 0 atom stereocenters. The van der Waals surface area contributed by atoms with Gasteiger partial charge in [-0.3, -0.25) is 4.90 Å². The van der Waals surface area contributed by atoms with Crippen LogP contribution in [0, 0.1) is 17.1 Å². The van der Waals surface area contributed by atoms with Crippen LogP contribution in [0.25, 0.3) is 0 Å². The molecule has 1 fully saturated rings. The number of hydrogen-bond acceptors (Lipinski definition) is 4. The topological polar surface area (TPSA) is 42.3 Å². The molecule has 0 saturated carbocycles. The van der Waals surface area contributed by atoms with Crippen molar-refractivity contribution in [2.75, 3.05) is 51.6 Å². The van der Waals surface area contributed by atoms with Gasteiger partial charge < -0.3 is 10.2 Å². The SMILES string of the molecule is CN1CCN(CCNc2ccc(F)c(C#N)c2)CC1. The van der Waals surface area contributed by atoms with Crippen molar-refractivity contribution in [2.45, 2.75) is 0 Å². The molecule has 2 rings (SSSR count). The van der Waals surface area contributed by atoms with Gasteiger partial charge in [0.25, 0.3) is 0 Å². The second-order valence-corrected chi connectivity index (χ2v) is 4.88. The van der Waals surface area contributed by atoms with Crippen LogP contribution >= 0.6 is 0 Å². The van der Waals surface area contributed by atoms with Gasteiger partial charge in [-0.15, -0.1) is 0 Å². The van der Waals surface area contributed by atoms with Crippen LogP contribution in [0.3, 0.4) is 0 Å². The van der Waals surface area contributed by atoms with Crippen LogP contribution in [0.2, 0.25) is 0 Å². The highest BCUT2D eigenvalue weighted by Gasteiger charge is 2.12. The smallest absolute Gasteiger partial charge is 0.141 e. The highest BCUT2D eigenvalue weighted by molar-refractivity contribution is 5.49. The number of rotatable bonds is 4. The summed E-state index contributed by atoms with van der Waals surface area (Å²) in [4.78, 5) is 4.73. The van der Waals surface area contributed by atoms with E-state index in [-0.39, 0.29) is 5.56 Å². The Balaban J connectivity index is 1.78. The molecule has 1 aromatic carbocycles. The van der Waals surface area contributed by atoms with Crippen molar-refractivity contribution >= 4 is 5.69 Å². The second kappa shape index (κ2) is 6.50. The van der Waals surface area contributed by atoms with Crippen LogP contribution in [0.15, 0.2) is 18.2 Å². The number of anilines is 1. The standard InChI is InChI=1S/C14H19FN4/c1-18-6-8-19(9-7-18)5-4-17-13-2-3-14(15)12(10-13)11-16/h2-3,10,17H,4-9H2,1H3. The van der Waals surface area contributed by atoms with E-state index < -0.39 is 5.82 Å². The van der Waals surface area contributed by atoms with Crippen molar-refractivity contribution in [1.82, 2.24) is 9.80 Å². The first-order chi connectivity index (χ1) is 9.19. The van der Waals surface area contributed by atoms with Gasteiger partial charge in [-0.05, 0) is 25.2 Å². The summed E-state index contributed by atoms with van der Waals surface area (Å²) in [6.45, 7) is 6.16. The summed E-state index contributed by atoms with van der Waals surface area (Å²) in [6, 6.07) is 6.40. The third kappa shape index (κ3) is 3.91. The number of piperazine rings is 1. The van der Waals surface area contributed by atoms with Gasteiger partial charge in [-0.2, -0.15) is 5.26 Å². The second-order valence-electron chi connectivity index (χ2n) is 4.88. The van der Waals surface area contributed by atoms with Gasteiger partial charge in [0.2, 0.25) is 0 Å². The molecule has 1 heterocycles. The fourth-order valence-corrected chi connectivity index (χ4v) is 2.15. The van der Waals surface area contributed by atoms with Crippen molar-refractivity contribution in [2.24, 2.45) is 0 Å². The maximum absolute atomic E-state index is 13.2. The number of nitrogens with one attached hydrogen (secondary N) is 1. The van der Waals surface area contributed by atoms with E-state index in [1.807, 2.05) is 6.07 Å². The maximum atomic E-state index is 13.2. The van der Waals surface area contributed by atoms with E-state index >= 15 is 0 Å². The van der Waals surface area contributed by atoms with E-state index in [0.29, 0.717) is 0 Å². The van der Waals surface area contributed by atoms with Gasteiger partial charge >= 0.3 is 0 Å². The Bertz CT molecular complexity index is 461. The summed E-state index contributed by atoms with van der Waals surface area (Å²) in [7, 11) is 2.14. The molecule has 5 heteroatoms. The Morgan fingerprint density at radius 2 is 2.05 bits per heavy atom. The van der Waals surface area contributed by atoms with Gasteiger partial charge in [0.1, 0.15) is 11.9 Å². The monoisotopic (exact) mass is 262 g/mol. The highest BCUT2D eigenvalue weighted by atomic mass is 19.1. The molecule has 0 aliphatic carbocycles. The molecular weight excluding hydrogens is 243 g/mol. The lowest BCUT2D eigenvalue weighted by atomic mass is 10.2. The van der Waals surface area contributed by atoms with Crippen molar-refractivity contribution in [3.8, 4) is 6.07 Å². The quantitative estimate of drug-likeness (QED) is 0.889. The molecule has 0 radical (unpaired) electrons. The number of nitrogens with zero attached hydrogens (tertiary/aromatic N) is 3. The van der Waals surface area contributed by atoms with Gasteiger partial charge in [0.15, 0.2) is 0 Å². The normalized spacial score (nSPS) is 17.1. The molecule has 0 amide bonds. The van der Waals surface area contributed by atoms with Crippen LogP contribution in [0.1, 0.15) is 5.56 Å². The summed E-state index contributed by atoms with van der Waals surface area (Å²) < 4.78 is 13.2. The zero-order chi connectivity index (χ0) is 13.7. The predicted molar refractivity (Wildman–Crippen MR) is 73.5 cm³/mol. The van der Waals surface area contributed by atoms with Gasteiger partial charge in [0, 0.05) is 45.0 Å². The molecule has 0 unspecified atom stereocenters. The Labute approximate surface area is 113 Å². The first-order valence-electron chi connectivity index (χ1n) is 6.53. The largest absolute Gasteiger partial charge is 0.384 e. The van der Waals surface area contributed by atoms with E-state index in [1.54, 1.807) is 12.1 Å². The van der Waals surface area contributed by atoms with Crippen LogP contribution in [0.4, 0.5) is 10.1 Å². The first kappa shape index (κ1) is 13.8. The molecule has 1 aliphatic rings. The number of hydrogen-bond donors (Lipinski definition) is 1. The Kier molecular flexibility index (Phi) is 4.72. The third-order valence-electron chi connectivity index (χ3n) is 3.44. The van der Waals surface area contributed by atoms with E-state index in [1.165, 1.54) is 6.07 Å². The Morgan fingerprint density at radius 1 is 1.32 bits per heavy atom. The minimum Gasteiger partial charge on any atom is -0.384 e. The summed E-state index contributed by atoms with van der Waals surface area (Å²) in [5.41, 5.74) is 0.886. The molecule has 4 nitrogen and oxygen atoms in total. The predicted octanol–water partition coefficient (Wildman–Crippen LogP) is 1.36. The van der Waals surface area contributed by atoms with Crippen molar-refractivity contribution in [3.63, 3.8) is 0 Å². The Hall–Kier alpha value is -1.64. The van der Waals surface area contributed by atoms with Crippen LogP contribution in [-0.4, -0.2) is 56.1 Å². The lowest BCUT2D eigenvalue weighted by molar-refractivity contribution is 0.158. The fourth-order valence-electron chi connectivity index (χ4n) is 2.15. The first-order valence-corrected chi connectivity index (χ1v) is 6.53. The molecule has 1 aliphatic heterocycles. The minimum absolute atomic E-state index is 0.0876. The molecule has 19 heavy (non-hydrogen) atoms. The highest BCUT2D eigenvalue weighted by Crippen LogP contribution is 2.13. The molecule has 0 aromatic heterocycles. The third-order valence-corrected chi connectivity index (χ3v) is 3.44. The summed E-state index contributed by atoms with van der Waals surface area (Å²) in [5.74, 6) is -0.466. The average Bonchev–Trinajstić information content (AvgIpc) is 2.43. The zero-order valence-electron chi connectivity index (χ0n) is 11.2. The van der Waals surface area contributed by atoms with E-state index in [2.05, 4.69) is 22.2 Å². The lowest BCUT2D eigenvalue weighted by Gasteiger charge is -2.32. The van der Waals surface area contributed by atoms with E-state index in [9.17, 15) is 4.39 Å². The van der Waals surface area contributed by atoms with Crippen molar-refractivity contribution < 1.29 is 4.39 Å². The number of likely N-dealkylation sites (N-methyl/N-ethyl adjacent to an activating group) is 1. The number of halogens is 1. The van der Waals surface area contributed by atoms with Crippen LogP contribution < -0.4 is 5.32 Å². The number of benzene rings is 1. The van der Waals surface area contributed by atoms with Gasteiger partial charge in [-0.25, -0.2) is 4.39 Å². The number of nitriles is 1. The molecule has 0 spiro atoms. The minimum atomic E-state index is -0.466. The summed E-state index contributed by atoms with van der Waals surface area (Å²) in [6.07, 6.45) is 0. The molecule has 102 valence electrons. The molecule has 1 saturated heterocycles. The zero-order valence-corrected chi connectivity index (χ0v) is 11.2. The van der Waals surface area contributed by atoms with Crippen molar-refractivity contribution in [3.05, 3.63) is 29.6 Å².